The average molecular weight is 1520 g/mol. The van der Waals surface area contributed by atoms with Crippen LogP contribution in [0.15, 0.2) is 105 Å². The van der Waals surface area contributed by atoms with Crippen molar-refractivity contribution in [2.24, 2.45) is 11.8 Å². The number of rotatable bonds is 12. The highest BCUT2D eigenvalue weighted by atomic mass is 16.5. The van der Waals surface area contributed by atoms with Gasteiger partial charge in [-0.3, -0.25) is 4.57 Å². The Labute approximate surface area is 644 Å². The highest BCUT2D eigenvalue weighted by molar-refractivity contribution is 5.92. The van der Waals surface area contributed by atoms with Gasteiger partial charge in [0.05, 0.1) is 71.8 Å². The molecule has 4 saturated heterocycles. The molecule has 0 amide bonds. The fraction of sp³-hybridized carbons (Fsp3) is 0.447. The summed E-state index contributed by atoms with van der Waals surface area (Å²) in [6.07, 6.45) is 34.2. The zero-order valence-corrected chi connectivity index (χ0v) is 62.8. The predicted molar refractivity (Wildman–Crippen MR) is 423 cm³/mol. The number of hydrogen-bond acceptors (Lipinski definition) is 32. The second-order valence-electron chi connectivity index (χ2n) is 29.2. The monoisotopic (exact) mass is 1510 g/mol. The summed E-state index contributed by atoms with van der Waals surface area (Å²) in [5, 5.41) is 0. The summed E-state index contributed by atoms with van der Waals surface area (Å²) < 4.78 is 30.6. The van der Waals surface area contributed by atoms with Crippen molar-refractivity contribution in [1.82, 2.24) is 118 Å². The highest BCUT2D eigenvalue weighted by Crippen LogP contribution is 2.40. The van der Waals surface area contributed by atoms with Gasteiger partial charge in [-0.25, -0.2) is 79.7 Å². The molecule has 578 valence electrons. The maximum atomic E-state index is 5.68. The van der Waals surface area contributed by atoms with Crippen molar-refractivity contribution < 1.29 is 18.9 Å². The van der Waals surface area contributed by atoms with E-state index in [-0.39, 0.29) is 23.8 Å². The number of imidazole rings is 4. The number of fused-ring (bicyclic) bond motifs is 4. The van der Waals surface area contributed by atoms with E-state index < -0.39 is 0 Å². The minimum Gasteiger partial charge on any atom is -0.378 e. The first-order valence-corrected chi connectivity index (χ1v) is 38.6. The van der Waals surface area contributed by atoms with Crippen LogP contribution in [-0.2, 0) is 18.9 Å². The lowest BCUT2D eigenvalue weighted by Crippen LogP contribution is -2.37. The Balaban J connectivity index is 0.000000108. The van der Waals surface area contributed by atoms with E-state index in [4.69, 9.17) is 86.7 Å². The molecule has 7 fully saturated rings. The standard InChI is InChI=1S/C20H26N8O.C19H24N8O.C19H18N8O.C18H22N8O/c1-13-2-4-15(5-3-13)28-12-24-17-16(14-10-22-19(21)23-11-14)25-20(26-18(17)28)27-6-8-29-9-7-27;1-12-2-3-14(8-12)27-11-23-16-15(13-9-21-18(20)22-10-13)24-19(25-17(16)27)26-4-6-28-7-5-26;20-18-21-10-13(11-22-18)15-16-17(25-19(24-15)26-6-8-28-9-7-26)27(12-23-16)14-4-2-1-3-5-14;19-17-20-9-12(10-21-17)14-15-16(26(11-22-15)13-3-1-2-4-13)24-18(23-14)25-5-7-27-8-6-25/h10-13,15H,2-9H2,1H3,(H2,21,22,23);9-12,14H,2-8H2,1H3,(H2,20,21,22);1-5,10-12H,6-9H2,(H2,20,21,22);9-11,13H,1-8H2,(H2,19,20,21). The Morgan fingerprint density at radius 3 is 0.946 bits per heavy atom. The number of nitrogens with zero attached hydrogens (tertiary/aromatic N) is 28. The smallest absolute Gasteiger partial charge is 0.228 e. The molecule has 36 nitrogen and oxygen atoms in total. The van der Waals surface area contributed by atoms with Gasteiger partial charge in [0.15, 0.2) is 22.6 Å². The number of nitrogens with two attached hydrogens (primary N) is 4. The molecule has 8 N–H and O–H groups in total. The van der Waals surface area contributed by atoms with Crippen LogP contribution in [0.1, 0.15) is 103 Å². The van der Waals surface area contributed by atoms with Crippen LogP contribution in [0.4, 0.5) is 47.6 Å². The number of benzene rings is 1. The average Bonchev–Trinajstić information content (AvgIpc) is 1.60. The summed E-state index contributed by atoms with van der Waals surface area (Å²) >= 11 is 0. The molecule has 4 aliphatic heterocycles. The maximum absolute atomic E-state index is 5.68. The molecular weight excluding hydrogens is 1430 g/mol. The van der Waals surface area contributed by atoms with Crippen molar-refractivity contribution in [3.8, 4) is 50.7 Å². The van der Waals surface area contributed by atoms with Crippen LogP contribution in [0.25, 0.3) is 95.4 Å². The molecule has 7 aliphatic rings. The van der Waals surface area contributed by atoms with Gasteiger partial charge in [-0.05, 0) is 81.8 Å². The Hall–Kier alpha value is -12.0. The first kappa shape index (κ1) is 72.8. The molecule has 112 heavy (non-hydrogen) atoms. The summed E-state index contributed by atoms with van der Waals surface area (Å²) in [5.74, 6) is 5.23. The number of nitrogen functional groups attached to an aromatic ring is 4. The van der Waals surface area contributed by atoms with Crippen molar-refractivity contribution in [3.05, 3.63) is 105 Å². The van der Waals surface area contributed by atoms with Crippen molar-refractivity contribution in [1.29, 1.82) is 0 Å². The summed E-state index contributed by atoms with van der Waals surface area (Å²) in [4.78, 5) is 99.2. The van der Waals surface area contributed by atoms with Crippen LogP contribution in [-0.4, -0.2) is 223 Å². The summed E-state index contributed by atoms with van der Waals surface area (Å²) in [5.41, 5.74) is 36.1. The second-order valence-corrected chi connectivity index (χ2v) is 29.2. The molecule has 0 bridgehead atoms. The van der Waals surface area contributed by atoms with Gasteiger partial charge < -0.3 is 75.2 Å². The molecule has 3 aliphatic carbocycles. The van der Waals surface area contributed by atoms with Crippen LogP contribution in [0.5, 0.6) is 0 Å². The van der Waals surface area contributed by atoms with E-state index in [1.807, 2.05) is 53.9 Å². The number of aromatic nitrogens is 24. The van der Waals surface area contributed by atoms with Crippen molar-refractivity contribution in [2.45, 2.75) is 103 Å². The Morgan fingerprint density at radius 2 is 0.607 bits per heavy atom. The minimum atomic E-state index is 0.220. The first-order chi connectivity index (χ1) is 55.0. The predicted octanol–water partition coefficient (Wildman–Crippen LogP) is 8.03. The Kier molecular flexibility index (Phi) is 21.4. The summed E-state index contributed by atoms with van der Waals surface area (Å²) in [7, 11) is 0. The molecule has 20 rings (SSSR count). The van der Waals surface area contributed by atoms with Crippen molar-refractivity contribution in [2.75, 3.05) is 148 Å². The maximum Gasteiger partial charge on any atom is 0.228 e. The van der Waals surface area contributed by atoms with E-state index in [2.05, 4.69) is 102 Å². The van der Waals surface area contributed by atoms with Gasteiger partial charge in [-0.2, -0.15) is 19.9 Å². The highest BCUT2D eigenvalue weighted by Gasteiger charge is 2.31. The Morgan fingerprint density at radius 1 is 0.312 bits per heavy atom. The van der Waals surface area contributed by atoms with Gasteiger partial charge in [-0.15, -0.1) is 0 Å². The van der Waals surface area contributed by atoms with E-state index in [1.54, 1.807) is 55.9 Å². The van der Waals surface area contributed by atoms with E-state index >= 15 is 0 Å². The van der Waals surface area contributed by atoms with Crippen LogP contribution >= 0.6 is 0 Å². The van der Waals surface area contributed by atoms with Gasteiger partial charge in [0.1, 0.15) is 51.2 Å². The SMILES string of the molecule is CC1CCC(n2cnc3c(-c4cnc(N)nc4)nc(N4CCOCC4)nc32)C1.CC1CCC(n2cnc3c(-c4cnc(N)nc4)nc(N4CCOCC4)nc32)CC1.Nc1ncc(-c2nc(N3CCOCC3)nc3c2ncn3-c2ccccc2)cn1.Nc1ncc(-c2nc(N3CCOCC3)nc3c2ncn3C2CCCC2)cn1. The van der Waals surface area contributed by atoms with Crippen LogP contribution in [0.3, 0.4) is 0 Å². The minimum absolute atomic E-state index is 0.220. The molecule has 16 heterocycles. The third-order valence-corrected chi connectivity index (χ3v) is 21.8. The molecule has 0 spiro atoms. The number of anilines is 8. The lowest BCUT2D eigenvalue weighted by atomic mass is 9.87. The van der Waals surface area contributed by atoms with Crippen LogP contribution in [0, 0.1) is 11.8 Å². The number of ether oxygens (including phenoxy) is 4. The first-order valence-electron chi connectivity index (χ1n) is 38.6. The molecule has 36 heteroatoms. The third kappa shape index (κ3) is 15.7. The van der Waals surface area contributed by atoms with E-state index in [9.17, 15) is 0 Å². The van der Waals surface area contributed by atoms with Gasteiger partial charge in [-0.1, -0.05) is 44.9 Å². The molecule has 1 aromatic carbocycles. The number of hydrogen-bond donors (Lipinski definition) is 4. The van der Waals surface area contributed by atoms with Crippen molar-refractivity contribution >= 4 is 92.2 Å². The topological polar surface area (TPSA) is 431 Å². The zero-order chi connectivity index (χ0) is 76.0. The van der Waals surface area contributed by atoms with E-state index in [0.717, 1.165) is 174 Å². The van der Waals surface area contributed by atoms with Gasteiger partial charge >= 0.3 is 0 Å². The van der Waals surface area contributed by atoms with E-state index in [1.165, 1.54) is 44.9 Å². The quantitative estimate of drug-likeness (QED) is 0.0898. The number of para-hydroxylation sites is 1. The van der Waals surface area contributed by atoms with Gasteiger partial charge in [0.25, 0.3) is 0 Å². The molecule has 12 aromatic heterocycles. The lowest BCUT2D eigenvalue weighted by molar-refractivity contribution is 0.122. The van der Waals surface area contributed by atoms with Gasteiger partial charge in [0, 0.05) is 148 Å². The van der Waals surface area contributed by atoms with Crippen molar-refractivity contribution in [3.63, 3.8) is 0 Å². The largest absolute Gasteiger partial charge is 0.378 e. The second kappa shape index (κ2) is 32.9. The van der Waals surface area contributed by atoms with Crippen LogP contribution < -0.4 is 42.5 Å². The lowest BCUT2D eigenvalue weighted by Gasteiger charge is -2.28. The molecular formula is C76H90N32O4. The summed E-state index contributed by atoms with van der Waals surface area (Å²) in [6, 6.07) is 11.3. The molecule has 0 radical (unpaired) electrons. The molecule has 2 unspecified atom stereocenters. The molecule has 13 aromatic rings. The fourth-order valence-corrected chi connectivity index (χ4v) is 15.6. The fourth-order valence-electron chi connectivity index (χ4n) is 15.6. The molecule has 3 saturated carbocycles. The molecule has 2 atom stereocenters. The third-order valence-electron chi connectivity index (χ3n) is 21.8. The number of morpholine rings is 4. The normalized spacial score (nSPS) is 19.7. The van der Waals surface area contributed by atoms with Crippen LogP contribution in [0.2, 0.25) is 0 Å². The zero-order valence-electron chi connectivity index (χ0n) is 62.8. The Bertz CT molecular complexity index is 5340. The van der Waals surface area contributed by atoms with Gasteiger partial charge in [0.2, 0.25) is 47.6 Å². The van der Waals surface area contributed by atoms with E-state index in [0.29, 0.717) is 106 Å². The summed E-state index contributed by atoms with van der Waals surface area (Å²) in [6.45, 7) is 16.2.